The Kier molecular flexibility index (Phi) is 5.04. The predicted octanol–water partition coefficient (Wildman–Crippen LogP) is 3.18. The first-order chi connectivity index (χ1) is 15.5. The zero-order valence-corrected chi connectivity index (χ0v) is 18.6. The van der Waals surface area contributed by atoms with Crippen LogP contribution in [0.15, 0.2) is 54.7 Å². The topological polar surface area (TPSA) is 71.3 Å². The Morgan fingerprint density at radius 1 is 1.09 bits per heavy atom. The largest absolute Gasteiger partial charge is 0.338 e. The first-order valence-corrected chi connectivity index (χ1v) is 11.1. The number of hydrogen-bond acceptors (Lipinski definition) is 4. The molecule has 2 aromatic heterocycles. The maximum Gasteiger partial charge on any atom is 0.273 e. The Hall–Kier alpha value is -3.48. The molecule has 164 valence electrons. The number of aromatic nitrogens is 3. The van der Waals surface area contributed by atoms with Crippen molar-refractivity contribution in [1.82, 2.24) is 24.6 Å². The first-order valence-electron chi connectivity index (χ1n) is 11.1. The summed E-state index contributed by atoms with van der Waals surface area (Å²) < 4.78 is 1.78. The molecule has 2 aliphatic rings. The summed E-state index contributed by atoms with van der Waals surface area (Å²) >= 11 is 0. The molecule has 0 spiro atoms. The summed E-state index contributed by atoms with van der Waals surface area (Å²) in [5, 5.41) is 4.71. The third-order valence-corrected chi connectivity index (χ3v) is 6.44. The van der Waals surface area contributed by atoms with Crippen molar-refractivity contribution in [3.8, 4) is 5.69 Å². The summed E-state index contributed by atoms with van der Waals surface area (Å²) in [7, 11) is 0. The van der Waals surface area contributed by atoms with Gasteiger partial charge in [0.05, 0.1) is 29.9 Å². The van der Waals surface area contributed by atoms with E-state index in [-0.39, 0.29) is 36.2 Å². The highest BCUT2D eigenvalue weighted by Gasteiger charge is 2.49. The van der Waals surface area contributed by atoms with Crippen LogP contribution < -0.4 is 0 Å². The minimum Gasteiger partial charge on any atom is -0.338 e. The third kappa shape index (κ3) is 3.28. The van der Waals surface area contributed by atoms with Gasteiger partial charge < -0.3 is 9.80 Å². The van der Waals surface area contributed by atoms with E-state index in [4.69, 9.17) is 5.10 Å². The first kappa shape index (κ1) is 20.4. The number of carbonyl (C=O) groups excluding carboxylic acids is 2. The second-order valence-corrected chi connectivity index (χ2v) is 8.95. The monoisotopic (exact) mass is 429 g/mol. The molecule has 1 unspecified atom stereocenters. The SMILES string of the molecule is Cc1nn(-c2ccccc2)c2c1C(C(C)C)N(C1CN(C(=O)Cc3ccccn3)C1)C2=O. The number of nitrogens with zero attached hydrogens (tertiary/aromatic N) is 5. The van der Waals surface area contributed by atoms with Crippen LogP contribution in [-0.2, 0) is 11.2 Å². The van der Waals surface area contributed by atoms with Gasteiger partial charge in [-0.05, 0) is 37.1 Å². The molecule has 0 aliphatic carbocycles. The third-order valence-electron chi connectivity index (χ3n) is 6.44. The highest BCUT2D eigenvalue weighted by Crippen LogP contribution is 2.43. The van der Waals surface area contributed by atoms with Gasteiger partial charge in [-0.1, -0.05) is 38.1 Å². The fraction of sp³-hybridized carbons (Fsp3) is 0.360. The number of pyridine rings is 1. The van der Waals surface area contributed by atoms with Crippen LogP contribution in [-0.4, -0.2) is 55.5 Å². The maximum absolute atomic E-state index is 13.7. The fourth-order valence-corrected chi connectivity index (χ4v) is 4.89. The number of fused-ring (bicyclic) bond motifs is 1. The molecule has 4 heterocycles. The van der Waals surface area contributed by atoms with Crippen LogP contribution in [0.25, 0.3) is 5.69 Å². The molecule has 3 aromatic rings. The van der Waals surface area contributed by atoms with E-state index in [1.54, 1.807) is 10.9 Å². The summed E-state index contributed by atoms with van der Waals surface area (Å²) in [4.78, 5) is 34.4. The van der Waals surface area contributed by atoms with Crippen LogP contribution >= 0.6 is 0 Å². The van der Waals surface area contributed by atoms with E-state index >= 15 is 0 Å². The fourth-order valence-electron chi connectivity index (χ4n) is 4.89. The highest BCUT2D eigenvalue weighted by atomic mass is 16.2. The quantitative estimate of drug-likeness (QED) is 0.625. The molecule has 0 N–H and O–H groups in total. The number of carbonyl (C=O) groups is 2. The van der Waals surface area contributed by atoms with Gasteiger partial charge in [-0.2, -0.15) is 5.10 Å². The van der Waals surface area contributed by atoms with E-state index in [0.29, 0.717) is 18.8 Å². The van der Waals surface area contributed by atoms with Gasteiger partial charge in [-0.15, -0.1) is 0 Å². The van der Waals surface area contributed by atoms with Gasteiger partial charge in [-0.25, -0.2) is 4.68 Å². The average Bonchev–Trinajstić information content (AvgIpc) is 3.24. The Morgan fingerprint density at radius 2 is 1.81 bits per heavy atom. The lowest BCUT2D eigenvalue weighted by Crippen LogP contribution is -2.62. The highest BCUT2D eigenvalue weighted by molar-refractivity contribution is 5.99. The van der Waals surface area contributed by atoms with Crippen LogP contribution in [0, 0.1) is 12.8 Å². The number of hydrogen-bond donors (Lipinski definition) is 0. The number of para-hydroxylation sites is 1. The van der Waals surface area contributed by atoms with Crippen LogP contribution in [0.2, 0.25) is 0 Å². The van der Waals surface area contributed by atoms with Crippen LogP contribution in [0.5, 0.6) is 0 Å². The Bertz CT molecular complexity index is 1150. The zero-order valence-electron chi connectivity index (χ0n) is 18.6. The van der Waals surface area contributed by atoms with Gasteiger partial charge in [-0.3, -0.25) is 14.6 Å². The molecule has 7 heteroatoms. The van der Waals surface area contributed by atoms with Gasteiger partial charge in [0, 0.05) is 30.5 Å². The normalized spacial score (nSPS) is 18.2. The van der Waals surface area contributed by atoms with Gasteiger partial charge in [0.1, 0.15) is 5.69 Å². The van der Waals surface area contributed by atoms with Crippen LogP contribution in [0.1, 0.15) is 47.3 Å². The van der Waals surface area contributed by atoms with Crippen LogP contribution in [0.4, 0.5) is 0 Å². The minimum absolute atomic E-state index is 0.00461. The van der Waals surface area contributed by atoms with Gasteiger partial charge in [0.2, 0.25) is 5.91 Å². The predicted molar refractivity (Wildman–Crippen MR) is 120 cm³/mol. The van der Waals surface area contributed by atoms with E-state index in [2.05, 4.69) is 18.8 Å². The Morgan fingerprint density at radius 3 is 2.47 bits per heavy atom. The molecular weight excluding hydrogens is 402 g/mol. The van der Waals surface area contributed by atoms with Crippen molar-refractivity contribution in [1.29, 1.82) is 0 Å². The minimum atomic E-state index is -0.0343. The van der Waals surface area contributed by atoms with Crippen molar-refractivity contribution < 1.29 is 9.59 Å². The molecular formula is C25H27N5O2. The summed E-state index contributed by atoms with van der Waals surface area (Å²) in [6, 6.07) is 15.4. The standard InChI is InChI=1S/C25H27N5O2/c1-16(2)23-22-17(3)27-30(19-10-5-4-6-11-19)24(22)25(32)29(23)20-14-28(15-20)21(31)13-18-9-7-8-12-26-18/h4-12,16,20,23H,13-15H2,1-3H3. The van der Waals surface area contributed by atoms with Gasteiger partial charge in [0.25, 0.3) is 5.91 Å². The van der Waals surface area contributed by atoms with Crippen molar-refractivity contribution in [3.63, 3.8) is 0 Å². The second-order valence-electron chi connectivity index (χ2n) is 8.95. The lowest BCUT2D eigenvalue weighted by atomic mass is 9.94. The smallest absolute Gasteiger partial charge is 0.273 e. The Labute approximate surface area is 187 Å². The van der Waals surface area contributed by atoms with Crippen molar-refractivity contribution in [3.05, 3.63) is 77.4 Å². The van der Waals surface area contributed by atoms with E-state index in [1.165, 1.54) is 0 Å². The van der Waals surface area contributed by atoms with Crippen LogP contribution in [0.3, 0.4) is 0 Å². The number of likely N-dealkylation sites (tertiary alicyclic amines) is 1. The lowest BCUT2D eigenvalue weighted by Gasteiger charge is -2.47. The average molecular weight is 430 g/mol. The molecule has 2 aliphatic heterocycles. The summed E-state index contributed by atoms with van der Waals surface area (Å²) in [5.41, 5.74) is 4.22. The maximum atomic E-state index is 13.7. The zero-order chi connectivity index (χ0) is 22.4. The molecule has 2 amide bonds. The number of aryl methyl sites for hydroxylation is 1. The molecule has 1 aromatic carbocycles. The van der Waals surface area contributed by atoms with Crippen molar-refractivity contribution in [2.24, 2.45) is 5.92 Å². The number of benzene rings is 1. The molecule has 5 rings (SSSR count). The molecule has 0 saturated carbocycles. The van der Waals surface area contributed by atoms with E-state index in [0.717, 1.165) is 22.6 Å². The van der Waals surface area contributed by atoms with E-state index in [1.807, 2.05) is 65.3 Å². The summed E-state index contributed by atoms with van der Waals surface area (Å²) in [6.45, 7) is 7.38. The van der Waals surface area contributed by atoms with Gasteiger partial charge in [0.15, 0.2) is 0 Å². The number of amides is 2. The molecule has 1 fully saturated rings. The van der Waals surface area contributed by atoms with Crippen molar-refractivity contribution in [2.45, 2.75) is 39.3 Å². The lowest BCUT2D eigenvalue weighted by molar-refractivity contribution is -0.138. The van der Waals surface area contributed by atoms with Gasteiger partial charge >= 0.3 is 0 Å². The summed E-state index contributed by atoms with van der Waals surface area (Å²) in [6.07, 6.45) is 1.99. The molecule has 1 saturated heterocycles. The summed E-state index contributed by atoms with van der Waals surface area (Å²) in [5.74, 6) is 0.299. The second kappa shape index (κ2) is 7.89. The molecule has 1 atom stereocenters. The van der Waals surface area contributed by atoms with E-state index < -0.39 is 0 Å². The number of rotatable bonds is 5. The van der Waals surface area contributed by atoms with Crippen molar-refractivity contribution >= 4 is 11.8 Å². The molecule has 32 heavy (non-hydrogen) atoms. The molecule has 0 bridgehead atoms. The molecule has 0 radical (unpaired) electrons. The Balaban J connectivity index is 1.38. The molecule has 7 nitrogen and oxygen atoms in total. The van der Waals surface area contributed by atoms with Crippen molar-refractivity contribution in [2.75, 3.05) is 13.1 Å². The van der Waals surface area contributed by atoms with E-state index in [9.17, 15) is 9.59 Å².